The van der Waals surface area contributed by atoms with Gasteiger partial charge in [-0.2, -0.15) is 0 Å². The molecule has 2 heterocycles. The zero-order valence-electron chi connectivity index (χ0n) is 14.6. The number of anilines is 4. The Morgan fingerprint density at radius 2 is 1.46 bits per heavy atom. The van der Waals surface area contributed by atoms with E-state index >= 15 is 0 Å². The minimum absolute atomic E-state index is 0.720. The van der Waals surface area contributed by atoms with E-state index in [1.54, 1.807) is 11.3 Å². The van der Waals surface area contributed by atoms with Crippen molar-refractivity contribution in [3.8, 4) is 0 Å². The van der Waals surface area contributed by atoms with Crippen LogP contribution in [0.3, 0.4) is 0 Å². The Labute approximate surface area is 173 Å². The molecular weight excluding hydrogens is 434 g/mol. The summed E-state index contributed by atoms with van der Waals surface area (Å²) in [6.07, 6.45) is 0. The van der Waals surface area contributed by atoms with Gasteiger partial charge in [0.25, 0.3) is 0 Å². The minimum atomic E-state index is 0.720. The number of rotatable bonds is 4. The van der Waals surface area contributed by atoms with Crippen LogP contribution in [0.1, 0.15) is 0 Å². The molecule has 0 atom stereocenters. The summed E-state index contributed by atoms with van der Waals surface area (Å²) in [5, 5.41) is 17.6. The lowest BCUT2D eigenvalue weighted by Crippen LogP contribution is -2.01. The van der Waals surface area contributed by atoms with Crippen LogP contribution in [-0.2, 0) is 0 Å². The van der Waals surface area contributed by atoms with Gasteiger partial charge in [-0.15, -0.1) is 21.5 Å². The second-order valence-corrected chi connectivity index (χ2v) is 8.04. The van der Waals surface area contributed by atoms with Gasteiger partial charge >= 0.3 is 0 Å². The van der Waals surface area contributed by atoms with Crippen LogP contribution in [0.25, 0.3) is 21.0 Å². The Bertz CT molecular complexity index is 1300. The summed E-state index contributed by atoms with van der Waals surface area (Å²) >= 11 is 5.12. The number of halogens is 1. The number of nitrogens with one attached hydrogen (secondary N) is 2. The number of nitrogens with zero attached hydrogens (tertiary/aromatic N) is 3. The summed E-state index contributed by atoms with van der Waals surface area (Å²) in [6.45, 7) is 0. The highest BCUT2D eigenvalue weighted by molar-refractivity contribution is 9.10. The first-order valence-corrected chi connectivity index (χ1v) is 10.3. The van der Waals surface area contributed by atoms with Crippen LogP contribution in [0.2, 0.25) is 0 Å². The monoisotopic (exact) mass is 447 g/mol. The molecule has 0 saturated heterocycles. The molecular formula is C21H14BrN5S. The molecule has 0 unspecified atom stereocenters. The average Bonchev–Trinajstić information content (AvgIpc) is 3.18. The van der Waals surface area contributed by atoms with Gasteiger partial charge in [0.1, 0.15) is 0 Å². The van der Waals surface area contributed by atoms with Gasteiger partial charge in [0, 0.05) is 26.6 Å². The van der Waals surface area contributed by atoms with Crippen molar-refractivity contribution in [2.24, 2.45) is 0 Å². The highest BCUT2D eigenvalue weighted by Crippen LogP contribution is 2.31. The average molecular weight is 448 g/mol. The van der Waals surface area contributed by atoms with E-state index in [-0.39, 0.29) is 0 Å². The standard InChI is InChI=1S/C21H14BrN5S/c22-13-4-3-5-14(10-13)24-20-16-6-1-2-7-17(16)21(27-26-20)25-15-8-9-18-19(11-15)28-12-23-18/h1-12H,(H,24,26)(H,25,27). The number of hydrogen-bond acceptors (Lipinski definition) is 6. The summed E-state index contributed by atoms with van der Waals surface area (Å²) in [5.41, 5.74) is 4.76. The largest absolute Gasteiger partial charge is 0.338 e. The van der Waals surface area contributed by atoms with Crippen LogP contribution >= 0.6 is 27.3 Å². The van der Waals surface area contributed by atoms with E-state index in [1.165, 1.54) is 0 Å². The lowest BCUT2D eigenvalue weighted by Gasteiger charge is -2.12. The lowest BCUT2D eigenvalue weighted by atomic mass is 10.1. The highest BCUT2D eigenvalue weighted by atomic mass is 79.9. The molecule has 0 amide bonds. The van der Waals surface area contributed by atoms with Crippen molar-refractivity contribution in [3.05, 3.63) is 76.7 Å². The van der Waals surface area contributed by atoms with Gasteiger partial charge in [-0.05, 0) is 36.4 Å². The Kier molecular flexibility index (Phi) is 4.38. The Balaban J connectivity index is 1.53. The number of thiazole rings is 1. The van der Waals surface area contributed by atoms with Crippen molar-refractivity contribution >= 4 is 71.3 Å². The number of fused-ring (bicyclic) bond motifs is 2. The van der Waals surface area contributed by atoms with E-state index in [1.807, 2.05) is 66.2 Å². The fourth-order valence-electron chi connectivity index (χ4n) is 3.06. The first-order chi connectivity index (χ1) is 13.8. The Hall–Kier alpha value is -3.03. The van der Waals surface area contributed by atoms with Gasteiger partial charge in [0.05, 0.1) is 15.7 Å². The van der Waals surface area contributed by atoms with E-state index in [9.17, 15) is 0 Å². The third-order valence-corrected chi connectivity index (χ3v) is 5.65. The molecule has 0 aliphatic rings. The van der Waals surface area contributed by atoms with Crippen LogP contribution in [0.15, 0.2) is 76.7 Å². The maximum atomic E-state index is 4.44. The smallest absolute Gasteiger partial charge is 0.161 e. The fraction of sp³-hybridized carbons (Fsp3) is 0. The minimum Gasteiger partial charge on any atom is -0.338 e. The highest BCUT2D eigenvalue weighted by Gasteiger charge is 2.10. The molecule has 0 radical (unpaired) electrons. The third kappa shape index (κ3) is 3.30. The predicted molar refractivity (Wildman–Crippen MR) is 120 cm³/mol. The normalized spacial score (nSPS) is 11.0. The van der Waals surface area contributed by atoms with E-state index < -0.39 is 0 Å². The van der Waals surface area contributed by atoms with Crippen molar-refractivity contribution in [2.45, 2.75) is 0 Å². The summed E-state index contributed by atoms with van der Waals surface area (Å²) < 4.78 is 2.14. The topological polar surface area (TPSA) is 62.7 Å². The number of aromatic nitrogens is 3. The SMILES string of the molecule is Brc1cccc(Nc2nnc(Nc3ccc4ncsc4c3)c3ccccc23)c1. The maximum Gasteiger partial charge on any atom is 0.161 e. The van der Waals surface area contributed by atoms with Gasteiger partial charge in [0.15, 0.2) is 11.6 Å². The zero-order chi connectivity index (χ0) is 18.9. The van der Waals surface area contributed by atoms with Crippen molar-refractivity contribution in [2.75, 3.05) is 10.6 Å². The molecule has 0 aliphatic heterocycles. The quantitative estimate of drug-likeness (QED) is 0.329. The van der Waals surface area contributed by atoms with E-state index in [4.69, 9.17) is 0 Å². The van der Waals surface area contributed by atoms with Crippen molar-refractivity contribution in [1.29, 1.82) is 0 Å². The maximum absolute atomic E-state index is 4.44. The van der Waals surface area contributed by atoms with Crippen LogP contribution < -0.4 is 10.6 Å². The van der Waals surface area contributed by atoms with Gasteiger partial charge < -0.3 is 10.6 Å². The number of benzene rings is 3. The molecule has 0 bridgehead atoms. The molecule has 0 fully saturated rings. The van der Waals surface area contributed by atoms with Crippen LogP contribution in [0.5, 0.6) is 0 Å². The number of hydrogen-bond donors (Lipinski definition) is 2. The summed E-state index contributed by atoms with van der Waals surface area (Å²) in [6, 6.07) is 22.2. The molecule has 0 saturated carbocycles. The molecule has 0 spiro atoms. The molecule has 3 aromatic carbocycles. The second-order valence-electron chi connectivity index (χ2n) is 6.24. The summed E-state index contributed by atoms with van der Waals surface area (Å²) in [5.74, 6) is 1.44. The van der Waals surface area contributed by atoms with Crippen molar-refractivity contribution in [1.82, 2.24) is 15.2 Å². The van der Waals surface area contributed by atoms with Gasteiger partial charge in [-0.25, -0.2) is 4.98 Å². The Morgan fingerprint density at radius 1 is 0.750 bits per heavy atom. The first-order valence-electron chi connectivity index (χ1n) is 8.64. The van der Waals surface area contributed by atoms with Crippen LogP contribution in [-0.4, -0.2) is 15.2 Å². The van der Waals surface area contributed by atoms with E-state index in [0.717, 1.165) is 48.5 Å². The molecule has 5 aromatic rings. The molecule has 5 rings (SSSR count). The third-order valence-electron chi connectivity index (χ3n) is 4.37. The molecule has 28 heavy (non-hydrogen) atoms. The van der Waals surface area contributed by atoms with Gasteiger partial charge in [-0.3, -0.25) is 0 Å². The van der Waals surface area contributed by atoms with E-state index in [2.05, 4.69) is 47.8 Å². The molecule has 2 aromatic heterocycles. The second kappa shape index (κ2) is 7.18. The predicted octanol–water partition coefficient (Wildman–Crippen LogP) is 6.49. The van der Waals surface area contributed by atoms with Crippen molar-refractivity contribution in [3.63, 3.8) is 0 Å². The van der Waals surface area contributed by atoms with E-state index in [0.29, 0.717) is 0 Å². The van der Waals surface area contributed by atoms with Crippen LogP contribution in [0, 0.1) is 0 Å². The summed E-state index contributed by atoms with van der Waals surface area (Å²) in [4.78, 5) is 4.33. The molecule has 136 valence electrons. The molecule has 5 nitrogen and oxygen atoms in total. The zero-order valence-corrected chi connectivity index (χ0v) is 17.0. The summed E-state index contributed by atoms with van der Waals surface area (Å²) in [7, 11) is 0. The molecule has 2 N–H and O–H groups in total. The first kappa shape index (κ1) is 17.1. The Morgan fingerprint density at radius 3 is 2.18 bits per heavy atom. The molecule has 0 aliphatic carbocycles. The fourth-order valence-corrected chi connectivity index (χ4v) is 4.18. The van der Waals surface area contributed by atoms with Gasteiger partial charge in [0.2, 0.25) is 0 Å². The molecule has 7 heteroatoms. The lowest BCUT2D eigenvalue weighted by molar-refractivity contribution is 1.06. The van der Waals surface area contributed by atoms with Gasteiger partial charge in [-0.1, -0.05) is 46.3 Å². The van der Waals surface area contributed by atoms with Crippen molar-refractivity contribution < 1.29 is 0 Å². The van der Waals surface area contributed by atoms with Crippen LogP contribution in [0.4, 0.5) is 23.0 Å².